The normalized spacial score (nSPS) is 11.1. The number of hydrogen-bond donors (Lipinski definition) is 5. The van der Waals surface area contributed by atoms with Gasteiger partial charge >= 0.3 is 5.97 Å². The van der Waals surface area contributed by atoms with Crippen LogP contribution in [0.15, 0.2) is 140 Å². The van der Waals surface area contributed by atoms with Crippen LogP contribution < -0.4 is 21.5 Å². The van der Waals surface area contributed by atoms with Crippen molar-refractivity contribution >= 4 is 35.1 Å². The average molecular weight is 700 g/mol. The molecule has 11 nitrogen and oxygen atoms in total. The third-order valence-electron chi connectivity index (χ3n) is 8.33. The number of nitrogens with one attached hydrogen (secondary N) is 2. The molecule has 0 aliphatic carbocycles. The quantitative estimate of drug-likeness (QED) is 0.0829. The predicted molar refractivity (Wildman–Crippen MR) is 199 cm³/mol. The van der Waals surface area contributed by atoms with E-state index in [1.165, 1.54) is 0 Å². The average Bonchev–Trinajstić information content (AvgIpc) is 3.59. The molecule has 7 N–H and O–H groups in total. The Labute approximate surface area is 301 Å². The van der Waals surface area contributed by atoms with Gasteiger partial charge in [-0.1, -0.05) is 115 Å². The van der Waals surface area contributed by atoms with E-state index in [0.717, 1.165) is 38.7 Å². The van der Waals surface area contributed by atoms with Gasteiger partial charge in [0.05, 0.1) is 19.4 Å². The number of benzene rings is 4. The lowest BCUT2D eigenvalue weighted by Crippen LogP contribution is -2.47. The molecule has 2 heterocycles. The molecule has 266 valence electrons. The zero-order valence-electron chi connectivity index (χ0n) is 28.6. The zero-order chi connectivity index (χ0) is 37.3. The maximum Gasteiger partial charge on any atom is 0.303 e. The number of carbonyl (C=O) groups is 4. The first kappa shape index (κ1) is 38.1. The number of nitrogens with zero attached hydrogens (tertiary/aromatic N) is 1. The van der Waals surface area contributed by atoms with E-state index < -0.39 is 17.4 Å². The number of fused-ring (bicyclic) bond motifs is 1. The predicted octanol–water partition coefficient (Wildman–Crippen LogP) is 5.44. The number of amides is 3. The largest absolute Gasteiger partial charge is 0.481 e. The number of aliphatic carboxylic acids is 1. The third-order valence-corrected chi connectivity index (χ3v) is 8.33. The molecule has 0 aliphatic heterocycles. The first-order valence-electron chi connectivity index (χ1n) is 16.4. The molecule has 6 rings (SSSR count). The molecule has 0 bridgehead atoms. The number of carboxylic acids is 1. The highest BCUT2D eigenvalue weighted by molar-refractivity contribution is 5.86. The van der Waals surface area contributed by atoms with Gasteiger partial charge in [-0.3, -0.25) is 19.2 Å². The van der Waals surface area contributed by atoms with Crippen molar-refractivity contribution in [3.63, 3.8) is 0 Å². The SMILES string of the molecule is COc1ccc(C(Cc2c[nH]c3ccccc23)C(N)=O)cn1.NC=O.O=C(O)CCC(=O)NC(c1ccccc1)(c1ccccc1)c1ccccc1. The number of hydrogen-bond acceptors (Lipinski definition) is 6. The van der Waals surface area contributed by atoms with E-state index in [2.05, 4.69) is 21.0 Å². The fourth-order valence-electron chi connectivity index (χ4n) is 5.89. The van der Waals surface area contributed by atoms with Crippen LogP contribution in [0.2, 0.25) is 0 Å². The minimum atomic E-state index is -0.991. The van der Waals surface area contributed by atoms with E-state index in [1.807, 2.05) is 128 Å². The molecule has 1 atom stereocenters. The summed E-state index contributed by atoms with van der Waals surface area (Å²) in [6.45, 7) is 0. The van der Waals surface area contributed by atoms with Gasteiger partial charge < -0.3 is 31.6 Å². The van der Waals surface area contributed by atoms with Gasteiger partial charge in [-0.2, -0.15) is 0 Å². The van der Waals surface area contributed by atoms with Crippen LogP contribution in [0.1, 0.15) is 46.6 Å². The van der Waals surface area contributed by atoms with Crippen LogP contribution in [-0.2, 0) is 31.1 Å². The molecule has 0 fully saturated rings. The number of rotatable bonds is 12. The minimum Gasteiger partial charge on any atom is -0.481 e. The Morgan fingerprint density at radius 2 is 1.35 bits per heavy atom. The number of aromatic nitrogens is 2. The van der Waals surface area contributed by atoms with Gasteiger partial charge in [-0.05, 0) is 40.3 Å². The molecule has 2 aromatic heterocycles. The Morgan fingerprint density at radius 3 is 1.81 bits per heavy atom. The second-order valence-electron chi connectivity index (χ2n) is 11.6. The number of pyridine rings is 1. The summed E-state index contributed by atoms with van der Waals surface area (Å²) in [4.78, 5) is 51.4. The fraction of sp³-hybridized carbons (Fsp3) is 0.146. The van der Waals surface area contributed by atoms with Crippen molar-refractivity contribution in [3.05, 3.63) is 168 Å². The Bertz CT molecular complexity index is 1940. The Balaban J connectivity index is 0.000000220. The van der Waals surface area contributed by atoms with E-state index in [4.69, 9.17) is 20.4 Å². The van der Waals surface area contributed by atoms with Gasteiger partial charge in [-0.15, -0.1) is 0 Å². The number of carboxylic acid groups (broad SMARTS) is 1. The number of carbonyl (C=O) groups excluding carboxylic acids is 3. The molecule has 4 aromatic carbocycles. The van der Waals surface area contributed by atoms with Crippen LogP contribution in [-0.4, -0.2) is 46.4 Å². The summed E-state index contributed by atoms with van der Waals surface area (Å²) >= 11 is 0. The summed E-state index contributed by atoms with van der Waals surface area (Å²) in [5, 5.41) is 13.2. The van der Waals surface area contributed by atoms with Crippen molar-refractivity contribution in [1.29, 1.82) is 0 Å². The topological polar surface area (TPSA) is 190 Å². The summed E-state index contributed by atoms with van der Waals surface area (Å²) in [6, 6.07) is 40.7. The summed E-state index contributed by atoms with van der Waals surface area (Å²) in [6.07, 6.45) is 4.07. The molecule has 0 aliphatic rings. The Kier molecular flexibility index (Phi) is 13.8. The molecule has 0 saturated heterocycles. The monoisotopic (exact) mass is 699 g/mol. The van der Waals surface area contributed by atoms with Crippen molar-refractivity contribution in [3.8, 4) is 5.88 Å². The molecule has 11 heteroatoms. The summed E-state index contributed by atoms with van der Waals surface area (Å²) in [7, 11) is 1.56. The number of ether oxygens (including phenoxy) is 1. The standard InChI is InChI=1S/C23H21NO3.C17H17N3O2.CH3NO/c25-21(16-17-22(26)27)24-23(18-10-4-1-5-11-18,19-12-6-2-7-13-19)20-14-8-3-9-15-20;1-22-16-7-6-11(9-20-16)14(17(18)21)8-12-10-19-15-5-3-2-4-13(12)15;2-1-3/h1-15H,16-17H2,(H,24,25)(H,26,27);2-7,9-10,14,19H,8H2,1H3,(H2,18,21);1H,(H2,2,3). The van der Waals surface area contributed by atoms with Crippen LogP contribution in [0.4, 0.5) is 0 Å². The molecule has 1 unspecified atom stereocenters. The number of nitrogens with two attached hydrogens (primary N) is 2. The molecule has 0 radical (unpaired) electrons. The fourth-order valence-corrected chi connectivity index (χ4v) is 5.89. The highest BCUT2D eigenvalue weighted by Crippen LogP contribution is 2.37. The van der Waals surface area contributed by atoms with Crippen molar-refractivity contribution in [2.75, 3.05) is 7.11 Å². The van der Waals surface area contributed by atoms with Crippen molar-refractivity contribution in [2.45, 2.75) is 30.7 Å². The highest BCUT2D eigenvalue weighted by atomic mass is 16.5. The summed E-state index contributed by atoms with van der Waals surface area (Å²) < 4.78 is 5.04. The maximum absolute atomic E-state index is 12.7. The van der Waals surface area contributed by atoms with Crippen molar-refractivity contribution < 1.29 is 29.0 Å². The molecular weight excluding hydrogens is 658 g/mol. The van der Waals surface area contributed by atoms with E-state index in [-0.39, 0.29) is 31.1 Å². The van der Waals surface area contributed by atoms with Crippen LogP contribution in [0.5, 0.6) is 5.88 Å². The van der Waals surface area contributed by atoms with E-state index in [0.29, 0.717) is 12.3 Å². The van der Waals surface area contributed by atoms with Gasteiger partial charge in [0.25, 0.3) is 0 Å². The van der Waals surface area contributed by atoms with Gasteiger partial charge in [0, 0.05) is 35.8 Å². The molecule has 0 saturated carbocycles. The molecule has 52 heavy (non-hydrogen) atoms. The number of para-hydroxylation sites is 1. The molecular formula is C41H41N5O6. The Hall–Kier alpha value is -6.75. The second kappa shape index (κ2) is 18.9. The van der Waals surface area contributed by atoms with Gasteiger partial charge in [0.1, 0.15) is 5.54 Å². The van der Waals surface area contributed by atoms with Crippen molar-refractivity contribution in [2.24, 2.45) is 11.5 Å². The van der Waals surface area contributed by atoms with Crippen LogP contribution >= 0.6 is 0 Å². The summed E-state index contributed by atoms with van der Waals surface area (Å²) in [5.41, 5.74) is 14.5. The van der Waals surface area contributed by atoms with Crippen LogP contribution in [0.3, 0.4) is 0 Å². The molecule has 0 spiro atoms. The lowest BCUT2D eigenvalue weighted by Gasteiger charge is -2.37. The van der Waals surface area contributed by atoms with E-state index >= 15 is 0 Å². The number of primary amides is 2. The maximum atomic E-state index is 12.7. The third kappa shape index (κ3) is 9.69. The molecule has 6 aromatic rings. The van der Waals surface area contributed by atoms with Crippen LogP contribution in [0.25, 0.3) is 10.9 Å². The van der Waals surface area contributed by atoms with Gasteiger partial charge in [-0.25, -0.2) is 4.98 Å². The number of methoxy groups -OCH3 is 1. The lowest BCUT2D eigenvalue weighted by molar-refractivity contribution is -0.139. The van der Waals surface area contributed by atoms with E-state index in [1.54, 1.807) is 19.4 Å². The number of H-pyrrole nitrogens is 1. The van der Waals surface area contributed by atoms with Gasteiger partial charge in [0.2, 0.25) is 24.1 Å². The smallest absolute Gasteiger partial charge is 0.303 e. The van der Waals surface area contributed by atoms with E-state index in [9.17, 15) is 14.4 Å². The first-order valence-corrected chi connectivity index (χ1v) is 16.4. The minimum absolute atomic E-state index is 0.0798. The van der Waals surface area contributed by atoms with Crippen molar-refractivity contribution in [1.82, 2.24) is 15.3 Å². The zero-order valence-corrected chi connectivity index (χ0v) is 28.6. The van der Waals surface area contributed by atoms with Gasteiger partial charge in [0.15, 0.2) is 0 Å². The first-order chi connectivity index (χ1) is 25.2. The van der Waals surface area contributed by atoms with Crippen LogP contribution in [0, 0.1) is 0 Å². The highest BCUT2D eigenvalue weighted by Gasteiger charge is 2.37. The molecule has 3 amide bonds. The number of aromatic amines is 1. The lowest BCUT2D eigenvalue weighted by atomic mass is 9.77. The summed E-state index contributed by atoms with van der Waals surface area (Å²) in [5.74, 6) is -1.57. The second-order valence-corrected chi connectivity index (χ2v) is 11.6. The Morgan fingerprint density at radius 1 is 0.827 bits per heavy atom.